The fourth-order valence-corrected chi connectivity index (χ4v) is 1.59. The van der Waals surface area contributed by atoms with Crippen LogP contribution in [0.5, 0.6) is 0 Å². The van der Waals surface area contributed by atoms with Crippen LogP contribution in [0.2, 0.25) is 0 Å². The molecule has 1 aliphatic heterocycles. The number of ether oxygens (including phenoxy) is 2. The zero-order valence-corrected chi connectivity index (χ0v) is 8.87. The summed E-state index contributed by atoms with van der Waals surface area (Å²) in [5.74, 6) is 1.12. The molecule has 0 aromatic carbocycles. The van der Waals surface area contributed by atoms with E-state index in [0.29, 0.717) is 18.3 Å². The lowest BCUT2D eigenvalue weighted by molar-refractivity contribution is -0.221. The smallest absolute Gasteiger partial charge is 0.160 e. The molecule has 4 heteroatoms. The van der Waals surface area contributed by atoms with Crippen LogP contribution in [-0.2, 0) is 9.47 Å². The maximum atomic E-state index is 8.92. The van der Waals surface area contributed by atoms with E-state index in [2.05, 4.69) is 19.6 Å². The van der Waals surface area contributed by atoms with Crippen molar-refractivity contribution in [1.29, 1.82) is 0 Å². The highest BCUT2D eigenvalue weighted by molar-refractivity contribution is 7.80. The molecule has 0 spiro atoms. The van der Waals surface area contributed by atoms with Gasteiger partial charge in [0.1, 0.15) is 0 Å². The molecule has 3 atom stereocenters. The minimum Gasteiger partial charge on any atom is -0.394 e. The van der Waals surface area contributed by atoms with Crippen LogP contribution < -0.4 is 0 Å². The van der Waals surface area contributed by atoms with Gasteiger partial charge in [0.15, 0.2) is 6.29 Å². The van der Waals surface area contributed by atoms with Crippen LogP contribution in [0, 0.1) is 5.92 Å². The molecule has 1 N–H and O–H groups in total. The molecule has 0 amide bonds. The van der Waals surface area contributed by atoms with Gasteiger partial charge in [0, 0.05) is 11.7 Å². The average molecular weight is 206 g/mol. The number of aliphatic hydroxyl groups excluding tert-OH is 1. The molecule has 1 fully saturated rings. The highest BCUT2D eigenvalue weighted by Crippen LogP contribution is 2.25. The largest absolute Gasteiger partial charge is 0.394 e. The lowest BCUT2D eigenvalue weighted by atomic mass is 9.99. The maximum Gasteiger partial charge on any atom is 0.160 e. The van der Waals surface area contributed by atoms with Crippen molar-refractivity contribution in [2.45, 2.75) is 32.2 Å². The molecule has 1 aliphatic rings. The first kappa shape index (κ1) is 11.3. The molecule has 1 heterocycles. The second kappa shape index (κ2) is 5.86. The Labute approximate surface area is 84.8 Å². The van der Waals surface area contributed by atoms with E-state index in [4.69, 9.17) is 14.6 Å². The van der Waals surface area contributed by atoms with Gasteiger partial charge in [0.2, 0.25) is 0 Å². The van der Waals surface area contributed by atoms with Gasteiger partial charge < -0.3 is 14.6 Å². The van der Waals surface area contributed by atoms with Gasteiger partial charge in [-0.25, -0.2) is 0 Å². The highest BCUT2D eigenvalue weighted by atomic mass is 32.1. The van der Waals surface area contributed by atoms with E-state index in [1.165, 1.54) is 0 Å². The molecular weight excluding hydrogens is 188 g/mol. The number of hydrogen-bond donors (Lipinski definition) is 2. The fourth-order valence-electron chi connectivity index (χ4n) is 1.48. The molecule has 0 bridgehead atoms. The highest BCUT2D eigenvalue weighted by Gasteiger charge is 2.28. The van der Waals surface area contributed by atoms with Crippen LogP contribution in [0.25, 0.3) is 0 Å². The van der Waals surface area contributed by atoms with Gasteiger partial charge in [-0.3, -0.25) is 0 Å². The molecule has 3 nitrogen and oxygen atoms in total. The summed E-state index contributed by atoms with van der Waals surface area (Å²) in [5, 5.41) is 8.92. The van der Waals surface area contributed by atoms with Crippen LogP contribution in [0.1, 0.15) is 19.8 Å². The Hall–Kier alpha value is 0.230. The van der Waals surface area contributed by atoms with Crippen molar-refractivity contribution >= 4 is 12.6 Å². The van der Waals surface area contributed by atoms with Gasteiger partial charge in [-0.15, -0.1) is 0 Å². The Morgan fingerprint density at radius 1 is 1.54 bits per heavy atom. The predicted molar refractivity (Wildman–Crippen MR) is 53.9 cm³/mol. The molecule has 78 valence electrons. The molecule has 3 unspecified atom stereocenters. The molecule has 1 saturated heterocycles. The monoisotopic (exact) mass is 206 g/mol. The normalized spacial score (nSPS) is 34.8. The van der Waals surface area contributed by atoms with Gasteiger partial charge in [-0.1, -0.05) is 6.92 Å². The van der Waals surface area contributed by atoms with Crippen LogP contribution in [0.4, 0.5) is 0 Å². The summed E-state index contributed by atoms with van der Waals surface area (Å²) in [4.78, 5) is 0. The molecule has 0 aromatic heterocycles. The van der Waals surface area contributed by atoms with Gasteiger partial charge in [-0.05, 0) is 12.8 Å². The van der Waals surface area contributed by atoms with Crippen LogP contribution in [-0.4, -0.2) is 36.5 Å². The van der Waals surface area contributed by atoms with E-state index in [1.807, 2.05) is 0 Å². The number of hydrogen-bond acceptors (Lipinski definition) is 4. The number of rotatable bonds is 4. The summed E-state index contributed by atoms with van der Waals surface area (Å²) in [7, 11) is 0. The zero-order valence-electron chi connectivity index (χ0n) is 7.98. The standard InChI is InChI=1S/C9H18O3S/c1-7-2-3-8(6-10)12-9(7)11-4-5-13/h7-10,13H,2-6H2,1H3. The minimum atomic E-state index is -0.155. The summed E-state index contributed by atoms with van der Waals surface area (Å²) in [5.41, 5.74) is 0. The van der Waals surface area contributed by atoms with E-state index in [0.717, 1.165) is 12.8 Å². The van der Waals surface area contributed by atoms with Crippen LogP contribution >= 0.6 is 12.6 Å². The van der Waals surface area contributed by atoms with Crippen molar-refractivity contribution in [3.05, 3.63) is 0 Å². The Morgan fingerprint density at radius 3 is 2.92 bits per heavy atom. The predicted octanol–water partition coefficient (Wildman–Crippen LogP) is 1.07. The third-order valence-electron chi connectivity index (χ3n) is 2.31. The van der Waals surface area contributed by atoms with Gasteiger partial charge in [0.05, 0.1) is 19.3 Å². The second-order valence-corrected chi connectivity index (χ2v) is 3.91. The number of aliphatic hydroxyl groups is 1. The van der Waals surface area contributed by atoms with Crippen molar-refractivity contribution in [3.8, 4) is 0 Å². The average Bonchev–Trinajstić information content (AvgIpc) is 2.17. The third-order valence-corrected chi connectivity index (χ3v) is 2.49. The lowest BCUT2D eigenvalue weighted by Gasteiger charge is -2.33. The van der Waals surface area contributed by atoms with Crippen molar-refractivity contribution in [3.63, 3.8) is 0 Å². The Balaban J connectivity index is 2.31. The molecule has 13 heavy (non-hydrogen) atoms. The van der Waals surface area contributed by atoms with Gasteiger partial charge in [-0.2, -0.15) is 12.6 Å². The molecule has 0 aliphatic carbocycles. The molecule has 0 saturated carbocycles. The summed E-state index contributed by atoms with van der Waals surface area (Å²) in [6.07, 6.45) is 1.79. The molecule has 0 radical (unpaired) electrons. The van der Waals surface area contributed by atoms with E-state index >= 15 is 0 Å². The first-order valence-corrected chi connectivity index (χ1v) is 5.40. The van der Waals surface area contributed by atoms with Crippen LogP contribution in [0.3, 0.4) is 0 Å². The van der Waals surface area contributed by atoms with E-state index in [1.54, 1.807) is 0 Å². The van der Waals surface area contributed by atoms with Crippen molar-refractivity contribution < 1.29 is 14.6 Å². The quantitative estimate of drug-likeness (QED) is 0.676. The topological polar surface area (TPSA) is 38.7 Å². The first-order valence-electron chi connectivity index (χ1n) is 4.76. The summed E-state index contributed by atoms with van der Waals surface area (Å²) in [6.45, 7) is 2.81. The SMILES string of the molecule is CC1CCC(CO)OC1OCCS. The van der Waals surface area contributed by atoms with E-state index in [-0.39, 0.29) is 19.0 Å². The van der Waals surface area contributed by atoms with E-state index < -0.39 is 0 Å². The van der Waals surface area contributed by atoms with Crippen LogP contribution in [0.15, 0.2) is 0 Å². The third kappa shape index (κ3) is 3.46. The Kier molecular flexibility index (Phi) is 5.09. The van der Waals surface area contributed by atoms with Gasteiger partial charge >= 0.3 is 0 Å². The minimum absolute atomic E-state index is 0.0406. The van der Waals surface area contributed by atoms with Crippen molar-refractivity contribution in [1.82, 2.24) is 0 Å². The zero-order chi connectivity index (χ0) is 9.68. The molecule has 1 rings (SSSR count). The number of thiol groups is 1. The van der Waals surface area contributed by atoms with Gasteiger partial charge in [0.25, 0.3) is 0 Å². The van der Waals surface area contributed by atoms with E-state index in [9.17, 15) is 0 Å². The summed E-state index contributed by atoms with van der Waals surface area (Å²) >= 11 is 4.07. The Bertz CT molecular complexity index is 143. The molecular formula is C9H18O3S. The Morgan fingerprint density at radius 2 is 2.31 bits per heavy atom. The summed E-state index contributed by atoms with van der Waals surface area (Å²) in [6, 6.07) is 0. The lowest BCUT2D eigenvalue weighted by Crippen LogP contribution is -2.37. The van der Waals surface area contributed by atoms with Crippen molar-refractivity contribution in [2.24, 2.45) is 5.92 Å². The molecule has 0 aromatic rings. The second-order valence-electron chi connectivity index (χ2n) is 3.46. The summed E-state index contributed by atoms with van der Waals surface area (Å²) < 4.78 is 11.0. The fraction of sp³-hybridized carbons (Fsp3) is 1.00. The first-order chi connectivity index (χ1) is 6.27. The van der Waals surface area contributed by atoms with Crippen molar-refractivity contribution in [2.75, 3.05) is 19.0 Å². The maximum absolute atomic E-state index is 8.92.